The molecule has 0 saturated heterocycles. The Hall–Kier alpha value is -4.07. The second kappa shape index (κ2) is 10.5. The number of nitrogens with zero attached hydrogens (tertiary/aromatic N) is 3. The fraction of sp³-hybridized carbons (Fsp3) is 0.240. The van der Waals surface area contributed by atoms with Crippen molar-refractivity contribution in [2.75, 3.05) is 19.0 Å². The summed E-state index contributed by atoms with van der Waals surface area (Å²) in [6, 6.07) is 17.8. The van der Waals surface area contributed by atoms with E-state index >= 15 is 0 Å². The third-order valence-electron chi connectivity index (χ3n) is 5.39. The summed E-state index contributed by atoms with van der Waals surface area (Å²) in [4.78, 5) is 24.6. The van der Waals surface area contributed by atoms with Gasteiger partial charge in [0.2, 0.25) is 11.8 Å². The van der Waals surface area contributed by atoms with Crippen LogP contribution in [-0.2, 0) is 29.1 Å². The zero-order chi connectivity index (χ0) is 23.0. The average molecular weight is 446 g/mol. The molecule has 33 heavy (non-hydrogen) atoms. The number of hydrogen-bond donors (Lipinski definition) is 2. The van der Waals surface area contributed by atoms with Crippen LogP contribution in [0, 0.1) is 0 Å². The van der Waals surface area contributed by atoms with E-state index in [4.69, 9.17) is 4.74 Å². The Kier molecular flexibility index (Phi) is 7.04. The zero-order valence-corrected chi connectivity index (χ0v) is 18.5. The molecule has 4 rings (SSSR count). The Morgan fingerprint density at radius 1 is 1.03 bits per heavy atom. The van der Waals surface area contributed by atoms with Gasteiger partial charge in [0.1, 0.15) is 12.3 Å². The van der Waals surface area contributed by atoms with Crippen molar-refractivity contribution in [3.05, 3.63) is 78.8 Å². The molecule has 2 aromatic carbocycles. The topological polar surface area (TPSA) is 90.2 Å². The summed E-state index contributed by atoms with van der Waals surface area (Å²) in [6.07, 6.45) is 6.11. The van der Waals surface area contributed by atoms with Gasteiger partial charge in [0.15, 0.2) is 0 Å². The summed E-state index contributed by atoms with van der Waals surface area (Å²) in [5.74, 6) is 0.515. The number of methoxy groups -OCH3 is 1. The van der Waals surface area contributed by atoms with Crippen molar-refractivity contribution >= 4 is 28.4 Å². The van der Waals surface area contributed by atoms with Crippen molar-refractivity contribution in [2.45, 2.75) is 25.9 Å². The number of aryl methyl sites for hydroxylation is 1. The zero-order valence-electron chi connectivity index (χ0n) is 18.5. The molecule has 170 valence electrons. The molecule has 0 unspecified atom stereocenters. The summed E-state index contributed by atoms with van der Waals surface area (Å²) < 4.78 is 8.94. The average Bonchev–Trinajstić information content (AvgIpc) is 3.44. The first-order chi connectivity index (χ1) is 16.1. The van der Waals surface area contributed by atoms with Gasteiger partial charge in [-0.05, 0) is 35.6 Å². The Morgan fingerprint density at radius 3 is 2.73 bits per heavy atom. The number of benzene rings is 2. The number of para-hydroxylation sites is 2. The quantitative estimate of drug-likeness (QED) is 0.392. The lowest BCUT2D eigenvalue weighted by molar-refractivity contribution is -0.121. The molecule has 8 heteroatoms. The van der Waals surface area contributed by atoms with Gasteiger partial charge in [0, 0.05) is 37.4 Å². The van der Waals surface area contributed by atoms with E-state index in [2.05, 4.69) is 38.5 Å². The van der Waals surface area contributed by atoms with Crippen molar-refractivity contribution in [1.82, 2.24) is 19.7 Å². The van der Waals surface area contributed by atoms with Crippen LogP contribution in [0.25, 0.3) is 10.9 Å². The first-order valence-electron chi connectivity index (χ1n) is 10.9. The van der Waals surface area contributed by atoms with E-state index in [1.54, 1.807) is 19.5 Å². The molecule has 0 fully saturated rings. The number of carbonyl (C=O) groups is 2. The van der Waals surface area contributed by atoms with Crippen molar-refractivity contribution in [2.24, 2.45) is 0 Å². The van der Waals surface area contributed by atoms with E-state index in [1.807, 2.05) is 42.6 Å². The molecule has 0 atom stereocenters. The van der Waals surface area contributed by atoms with Gasteiger partial charge in [-0.2, -0.15) is 5.10 Å². The smallest absolute Gasteiger partial charge is 0.241 e. The minimum absolute atomic E-state index is 0.0868. The molecule has 2 amide bonds. The van der Waals surface area contributed by atoms with Crippen LogP contribution >= 0.6 is 0 Å². The summed E-state index contributed by atoms with van der Waals surface area (Å²) in [6.45, 7) is 1.29. The Labute approximate surface area is 192 Å². The van der Waals surface area contributed by atoms with E-state index < -0.39 is 0 Å². The summed E-state index contributed by atoms with van der Waals surface area (Å²) in [5, 5.41) is 11.1. The number of nitrogens with one attached hydrogen (secondary N) is 2. The van der Waals surface area contributed by atoms with Crippen LogP contribution in [0.4, 0.5) is 5.69 Å². The number of anilines is 1. The second-order valence-corrected chi connectivity index (χ2v) is 7.70. The summed E-state index contributed by atoms with van der Waals surface area (Å²) in [5.41, 5.74) is 2.69. The molecule has 0 saturated carbocycles. The fourth-order valence-electron chi connectivity index (χ4n) is 3.75. The van der Waals surface area contributed by atoms with E-state index in [1.165, 1.54) is 10.1 Å². The maximum atomic E-state index is 12.3. The van der Waals surface area contributed by atoms with Gasteiger partial charge >= 0.3 is 0 Å². The van der Waals surface area contributed by atoms with Gasteiger partial charge < -0.3 is 19.9 Å². The van der Waals surface area contributed by atoms with Gasteiger partial charge in [-0.15, -0.1) is 0 Å². The summed E-state index contributed by atoms with van der Waals surface area (Å²) in [7, 11) is 1.62. The number of carbonyl (C=O) groups excluding carboxylic acids is 2. The van der Waals surface area contributed by atoms with E-state index in [0.717, 1.165) is 16.8 Å². The monoisotopic (exact) mass is 445 g/mol. The standard InChI is InChI=1S/C25H27N5O3/c1-33-23-9-5-3-7-20(23)10-11-24(31)28-21-16-27-30(17-21)18-25(32)26-13-15-29-14-12-19-6-2-4-8-22(19)29/h2-9,12,14,16-17H,10-11,13,15,18H2,1H3,(H,26,32)(H,28,31). The Morgan fingerprint density at radius 2 is 1.85 bits per heavy atom. The van der Waals surface area contributed by atoms with Gasteiger partial charge in [0.25, 0.3) is 0 Å². The fourth-order valence-corrected chi connectivity index (χ4v) is 3.75. The highest BCUT2D eigenvalue weighted by molar-refractivity contribution is 5.90. The van der Waals surface area contributed by atoms with Crippen molar-refractivity contribution < 1.29 is 14.3 Å². The molecular formula is C25H27N5O3. The van der Waals surface area contributed by atoms with Crippen molar-refractivity contribution in [1.29, 1.82) is 0 Å². The van der Waals surface area contributed by atoms with E-state index in [9.17, 15) is 9.59 Å². The third-order valence-corrected chi connectivity index (χ3v) is 5.39. The van der Waals surface area contributed by atoms with Crippen LogP contribution < -0.4 is 15.4 Å². The lowest BCUT2D eigenvalue weighted by atomic mass is 10.1. The van der Waals surface area contributed by atoms with Crippen molar-refractivity contribution in [3.63, 3.8) is 0 Å². The highest BCUT2D eigenvalue weighted by Gasteiger charge is 2.09. The van der Waals surface area contributed by atoms with Crippen LogP contribution in [0.5, 0.6) is 5.75 Å². The van der Waals surface area contributed by atoms with Gasteiger partial charge in [-0.3, -0.25) is 14.3 Å². The number of hydrogen-bond acceptors (Lipinski definition) is 4. The van der Waals surface area contributed by atoms with Crippen LogP contribution in [0.1, 0.15) is 12.0 Å². The Balaban J connectivity index is 1.21. The SMILES string of the molecule is COc1ccccc1CCC(=O)Nc1cnn(CC(=O)NCCn2ccc3ccccc32)c1. The van der Waals surface area contributed by atoms with Crippen LogP contribution in [-0.4, -0.2) is 39.8 Å². The molecule has 8 nitrogen and oxygen atoms in total. The molecule has 2 N–H and O–H groups in total. The number of rotatable bonds is 10. The normalized spacial score (nSPS) is 10.8. The highest BCUT2D eigenvalue weighted by atomic mass is 16.5. The second-order valence-electron chi connectivity index (χ2n) is 7.70. The van der Waals surface area contributed by atoms with Crippen LogP contribution in [0.15, 0.2) is 73.2 Å². The Bertz CT molecular complexity index is 1240. The largest absolute Gasteiger partial charge is 0.496 e. The highest BCUT2D eigenvalue weighted by Crippen LogP contribution is 2.19. The lowest BCUT2D eigenvalue weighted by Gasteiger charge is -2.08. The molecule has 2 aromatic heterocycles. The number of ether oxygens (including phenoxy) is 1. The predicted molar refractivity (Wildman–Crippen MR) is 127 cm³/mol. The molecule has 0 aliphatic heterocycles. The lowest BCUT2D eigenvalue weighted by Crippen LogP contribution is -2.30. The van der Waals surface area contributed by atoms with Crippen molar-refractivity contribution in [3.8, 4) is 5.75 Å². The first kappa shape index (κ1) is 22.1. The molecule has 0 spiro atoms. The van der Waals surface area contributed by atoms with E-state index in [-0.39, 0.29) is 18.4 Å². The van der Waals surface area contributed by atoms with Crippen LogP contribution in [0.2, 0.25) is 0 Å². The van der Waals surface area contributed by atoms with Gasteiger partial charge in [-0.25, -0.2) is 0 Å². The molecule has 0 radical (unpaired) electrons. The maximum Gasteiger partial charge on any atom is 0.241 e. The number of amides is 2. The number of aromatic nitrogens is 3. The minimum Gasteiger partial charge on any atom is -0.496 e. The molecular weight excluding hydrogens is 418 g/mol. The first-order valence-corrected chi connectivity index (χ1v) is 10.9. The van der Waals surface area contributed by atoms with E-state index in [0.29, 0.717) is 31.6 Å². The van der Waals surface area contributed by atoms with Gasteiger partial charge in [-0.1, -0.05) is 36.4 Å². The van der Waals surface area contributed by atoms with Crippen LogP contribution in [0.3, 0.4) is 0 Å². The molecule has 0 aliphatic carbocycles. The third kappa shape index (κ3) is 5.79. The molecule has 4 aromatic rings. The minimum atomic E-state index is -0.136. The summed E-state index contributed by atoms with van der Waals surface area (Å²) >= 11 is 0. The molecule has 0 bridgehead atoms. The van der Waals surface area contributed by atoms with Gasteiger partial charge in [0.05, 0.1) is 19.0 Å². The number of fused-ring (bicyclic) bond motifs is 1. The predicted octanol–water partition coefficient (Wildman–Crippen LogP) is 3.23. The molecule has 0 aliphatic rings. The molecule has 2 heterocycles. The maximum absolute atomic E-state index is 12.3.